The highest BCUT2D eigenvalue weighted by Gasteiger charge is 2.02. The first-order chi connectivity index (χ1) is 6.61. The lowest BCUT2D eigenvalue weighted by Crippen LogP contribution is -2.16. The number of aliphatic hydroxyl groups excluding tert-OH is 1. The summed E-state index contributed by atoms with van der Waals surface area (Å²) in [5.74, 6) is -0.358. The average Bonchev–Trinajstić information content (AvgIpc) is 2.01. The number of benzene rings is 1. The Morgan fingerprint density at radius 1 is 1.50 bits per heavy atom. The van der Waals surface area contributed by atoms with Crippen molar-refractivity contribution in [3.63, 3.8) is 0 Å². The van der Waals surface area contributed by atoms with Crippen molar-refractivity contribution >= 4 is 11.4 Å². The first-order valence-electron chi connectivity index (χ1n) is 4.55. The predicted octanol–water partition coefficient (Wildman–Crippen LogP) is 1.59. The fourth-order valence-corrected chi connectivity index (χ4v) is 1.25. The van der Waals surface area contributed by atoms with Crippen LogP contribution < -0.4 is 11.1 Å². The largest absolute Gasteiger partial charge is 0.399 e. The minimum atomic E-state index is -0.358. The van der Waals surface area contributed by atoms with Gasteiger partial charge in [-0.15, -0.1) is 0 Å². The number of nitrogens with one attached hydrogen (secondary N) is 1. The molecule has 0 heterocycles. The summed E-state index contributed by atoms with van der Waals surface area (Å²) < 4.78 is 12.9. The first kappa shape index (κ1) is 10.8. The van der Waals surface area contributed by atoms with E-state index in [1.54, 1.807) is 6.07 Å². The van der Waals surface area contributed by atoms with E-state index in [1.165, 1.54) is 12.1 Å². The molecule has 3 nitrogen and oxygen atoms in total. The van der Waals surface area contributed by atoms with E-state index in [0.717, 1.165) is 0 Å². The van der Waals surface area contributed by atoms with E-state index in [-0.39, 0.29) is 18.5 Å². The second-order valence-electron chi connectivity index (χ2n) is 3.33. The quantitative estimate of drug-likeness (QED) is 0.644. The van der Waals surface area contributed by atoms with Gasteiger partial charge < -0.3 is 16.2 Å². The van der Waals surface area contributed by atoms with Gasteiger partial charge in [0.25, 0.3) is 0 Å². The monoisotopic (exact) mass is 198 g/mol. The molecule has 0 fully saturated rings. The lowest BCUT2D eigenvalue weighted by molar-refractivity contribution is 0.282. The topological polar surface area (TPSA) is 58.3 Å². The summed E-state index contributed by atoms with van der Waals surface area (Å²) in [7, 11) is 0. The molecular formula is C10H15FN2O. The number of nitrogen functional groups attached to an aromatic ring is 1. The maximum Gasteiger partial charge on any atom is 0.127 e. The molecule has 1 atom stereocenters. The van der Waals surface area contributed by atoms with Gasteiger partial charge in [0.05, 0.1) is 0 Å². The molecule has 0 saturated carbocycles. The van der Waals surface area contributed by atoms with Crippen LogP contribution in [0.3, 0.4) is 0 Å². The van der Waals surface area contributed by atoms with Gasteiger partial charge >= 0.3 is 0 Å². The summed E-state index contributed by atoms with van der Waals surface area (Å²) in [6.45, 7) is 2.02. The van der Waals surface area contributed by atoms with Crippen molar-refractivity contribution in [1.29, 1.82) is 0 Å². The Hall–Kier alpha value is -1.29. The van der Waals surface area contributed by atoms with Gasteiger partial charge in [-0.1, -0.05) is 0 Å². The fraction of sp³-hybridized carbons (Fsp3) is 0.400. The number of rotatable bonds is 4. The molecule has 0 aliphatic rings. The molecule has 4 N–H and O–H groups in total. The van der Waals surface area contributed by atoms with E-state index in [0.29, 0.717) is 17.8 Å². The zero-order chi connectivity index (χ0) is 10.6. The van der Waals surface area contributed by atoms with E-state index in [9.17, 15) is 4.39 Å². The molecule has 1 unspecified atom stereocenters. The normalized spacial score (nSPS) is 12.5. The standard InChI is InChI=1S/C10H15FN2O/c1-7(2-3-14)13-10-5-8(11)4-9(12)6-10/h4-7,13-14H,2-3,12H2,1H3. The van der Waals surface area contributed by atoms with E-state index >= 15 is 0 Å². The Morgan fingerprint density at radius 3 is 2.79 bits per heavy atom. The van der Waals surface area contributed by atoms with Crippen molar-refractivity contribution in [2.75, 3.05) is 17.7 Å². The molecule has 1 rings (SSSR count). The SMILES string of the molecule is CC(CCO)Nc1cc(N)cc(F)c1. The highest BCUT2D eigenvalue weighted by Crippen LogP contribution is 2.16. The molecule has 0 saturated heterocycles. The third-order valence-electron chi connectivity index (χ3n) is 1.90. The summed E-state index contributed by atoms with van der Waals surface area (Å²) in [5.41, 5.74) is 6.51. The van der Waals surface area contributed by atoms with Crippen LogP contribution in [0.25, 0.3) is 0 Å². The van der Waals surface area contributed by atoms with Crippen molar-refractivity contribution in [1.82, 2.24) is 0 Å². The second kappa shape index (κ2) is 4.81. The zero-order valence-electron chi connectivity index (χ0n) is 8.13. The highest BCUT2D eigenvalue weighted by atomic mass is 19.1. The molecule has 1 aromatic rings. The molecule has 14 heavy (non-hydrogen) atoms. The number of halogens is 1. The van der Waals surface area contributed by atoms with Gasteiger partial charge in [0.15, 0.2) is 0 Å². The van der Waals surface area contributed by atoms with Crippen LogP contribution in [0, 0.1) is 5.82 Å². The minimum Gasteiger partial charge on any atom is -0.399 e. The number of hydrogen-bond donors (Lipinski definition) is 3. The molecule has 0 radical (unpaired) electrons. The van der Waals surface area contributed by atoms with E-state index < -0.39 is 0 Å². The number of nitrogens with two attached hydrogens (primary N) is 1. The summed E-state index contributed by atoms with van der Waals surface area (Å²) in [4.78, 5) is 0. The van der Waals surface area contributed by atoms with Gasteiger partial charge in [-0.3, -0.25) is 0 Å². The van der Waals surface area contributed by atoms with Gasteiger partial charge in [0.1, 0.15) is 5.82 Å². The van der Waals surface area contributed by atoms with Gasteiger partial charge in [-0.25, -0.2) is 4.39 Å². The van der Waals surface area contributed by atoms with Crippen LogP contribution in [-0.4, -0.2) is 17.8 Å². The maximum absolute atomic E-state index is 12.9. The lowest BCUT2D eigenvalue weighted by atomic mass is 10.2. The Morgan fingerprint density at radius 2 is 2.21 bits per heavy atom. The number of aliphatic hydroxyl groups is 1. The lowest BCUT2D eigenvalue weighted by Gasteiger charge is -2.14. The second-order valence-corrected chi connectivity index (χ2v) is 3.33. The van der Waals surface area contributed by atoms with Crippen LogP contribution >= 0.6 is 0 Å². The molecule has 0 bridgehead atoms. The Balaban J connectivity index is 2.66. The zero-order valence-corrected chi connectivity index (χ0v) is 8.13. The van der Waals surface area contributed by atoms with E-state index in [4.69, 9.17) is 10.8 Å². The van der Waals surface area contributed by atoms with Crippen molar-refractivity contribution < 1.29 is 9.50 Å². The molecule has 0 spiro atoms. The van der Waals surface area contributed by atoms with Crippen LogP contribution in [0.4, 0.5) is 15.8 Å². The van der Waals surface area contributed by atoms with Crippen molar-refractivity contribution in [3.05, 3.63) is 24.0 Å². The minimum absolute atomic E-state index is 0.0983. The molecule has 0 aromatic heterocycles. The van der Waals surface area contributed by atoms with Gasteiger partial charge in [0.2, 0.25) is 0 Å². The van der Waals surface area contributed by atoms with Crippen LogP contribution in [0.5, 0.6) is 0 Å². The van der Waals surface area contributed by atoms with Crippen LogP contribution in [-0.2, 0) is 0 Å². The van der Waals surface area contributed by atoms with E-state index in [2.05, 4.69) is 5.32 Å². The Kier molecular flexibility index (Phi) is 3.71. The Bertz CT molecular complexity index is 284. The van der Waals surface area contributed by atoms with Crippen molar-refractivity contribution in [2.24, 2.45) is 0 Å². The Labute approximate surface area is 82.7 Å². The van der Waals surface area contributed by atoms with E-state index in [1.807, 2.05) is 6.92 Å². The molecular weight excluding hydrogens is 183 g/mol. The fourth-order valence-electron chi connectivity index (χ4n) is 1.25. The van der Waals surface area contributed by atoms with Crippen molar-refractivity contribution in [2.45, 2.75) is 19.4 Å². The maximum atomic E-state index is 12.9. The third kappa shape index (κ3) is 3.22. The average molecular weight is 198 g/mol. The number of hydrogen-bond acceptors (Lipinski definition) is 3. The highest BCUT2D eigenvalue weighted by molar-refractivity contribution is 5.54. The summed E-state index contributed by atoms with van der Waals surface area (Å²) in [6, 6.07) is 4.41. The summed E-state index contributed by atoms with van der Waals surface area (Å²) in [5, 5.41) is 11.7. The van der Waals surface area contributed by atoms with Gasteiger partial charge in [-0.05, 0) is 31.5 Å². The molecule has 4 heteroatoms. The summed E-state index contributed by atoms with van der Waals surface area (Å²) in [6.07, 6.45) is 0.621. The third-order valence-corrected chi connectivity index (χ3v) is 1.90. The molecule has 1 aromatic carbocycles. The molecule has 0 aliphatic carbocycles. The summed E-state index contributed by atoms with van der Waals surface area (Å²) >= 11 is 0. The first-order valence-corrected chi connectivity index (χ1v) is 4.55. The van der Waals surface area contributed by atoms with Crippen LogP contribution in [0.1, 0.15) is 13.3 Å². The van der Waals surface area contributed by atoms with Crippen LogP contribution in [0.2, 0.25) is 0 Å². The van der Waals surface area contributed by atoms with Crippen molar-refractivity contribution in [3.8, 4) is 0 Å². The smallest absolute Gasteiger partial charge is 0.127 e. The number of anilines is 2. The molecule has 78 valence electrons. The predicted molar refractivity (Wildman–Crippen MR) is 55.6 cm³/mol. The van der Waals surface area contributed by atoms with Gasteiger partial charge in [0, 0.05) is 24.0 Å². The van der Waals surface area contributed by atoms with Gasteiger partial charge in [-0.2, -0.15) is 0 Å². The van der Waals surface area contributed by atoms with Crippen LogP contribution in [0.15, 0.2) is 18.2 Å². The molecule has 0 amide bonds. The molecule has 0 aliphatic heterocycles.